The molecule has 0 aliphatic carbocycles. The molecule has 1 rings (SSSR count). The highest BCUT2D eigenvalue weighted by Crippen LogP contribution is 2.33. The summed E-state index contributed by atoms with van der Waals surface area (Å²) in [5.74, 6) is -0.357. The van der Waals surface area contributed by atoms with E-state index in [1.165, 1.54) is 13.0 Å². The lowest BCUT2D eigenvalue weighted by atomic mass is 10.0. The Morgan fingerprint density at radius 2 is 1.95 bits per heavy atom. The maximum Gasteiger partial charge on any atom is 0.217 e. The number of alkyl halides is 1. The summed E-state index contributed by atoms with van der Waals surface area (Å²) in [6, 6.07) is 3.08. The fourth-order valence-corrected chi connectivity index (χ4v) is 2.42. The van der Waals surface area contributed by atoms with Gasteiger partial charge in [0, 0.05) is 43.2 Å². The third-order valence-electron chi connectivity index (χ3n) is 2.72. The van der Waals surface area contributed by atoms with Crippen LogP contribution in [0.5, 0.6) is 11.5 Å². The maximum absolute atomic E-state index is 11.1. The Morgan fingerprint density at radius 3 is 2.42 bits per heavy atom. The molecule has 1 amide bonds. The second-order valence-electron chi connectivity index (χ2n) is 4.62. The van der Waals surface area contributed by atoms with Gasteiger partial charge in [-0.2, -0.15) is 0 Å². The van der Waals surface area contributed by atoms with Crippen LogP contribution < -0.4 is 10.2 Å². The Kier molecular flexibility index (Phi) is 5.71. The summed E-state index contributed by atoms with van der Waals surface area (Å²) in [6.45, 7) is 1.49. The van der Waals surface area contributed by atoms with Crippen LogP contribution >= 0.6 is 22.6 Å². The number of aromatic hydroxyl groups is 2. The first kappa shape index (κ1) is 15.9. The number of amides is 1. The summed E-state index contributed by atoms with van der Waals surface area (Å²) in [5, 5.41) is 22.0. The first-order valence-electron chi connectivity index (χ1n) is 5.90. The predicted octanol–water partition coefficient (Wildman–Crippen LogP) is 1.65. The molecule has 6 heteroatoms. The van der Waals surface area contributed by atoms with Gasteiger partial charge in [-0.3, -0.25) is 4.79 Å². The normalized spacial score (nSPS) is 12.0. The molecule has 0 aliphatic heterocycles. The number of halogens is 1. The molecule has 0 saturated carbocycles. The molecule has 106 valence electrons. The number of nitrogens with one attached hydrogen (secondary N) is 1. The van der Waals surface area contributed by atoms with Gasteiger partial charge in [0.05, 0.1) is 0 Å². The van der Waals surface area contributed by atoms with Gasteiger partial charge < -0.3 is 20.4 Å². The van der Waals surface area contributed by atoms with Crippen molar-refractivity contribution in [3.63, 3.8) is 0 Å². The van der Waals surface area contributed by atoms with Crippen molar-refractivity contribution in [2.75, 3.05) is 23.4 Å². The topological polar surface area (TPSA) is 72.8 Å². The van der Waals surface area contributed by atoms with Gasteiger partial charge in [-0.05, 0) is 18.1 Å². The summed E-state index contributed by atoms with van der Waals surface area (Å²) in [7, 11) is 3.74. The van der Waals surface area contributed by atoms with Crippen molar-refractivity contribution in [3.05, 3.63) is 17.7 Å². The zero-order chi connectivity index (χ0) is 14.6. The van der Waals surface area contributed by atoms with Gasteiger partial charge in [0.2, 0.25) is 5.91 Å². The van der Waals surface area contributed by atoms with Crippen molar-refractivity contribution >= 4 is 34.2 Å². The standard InChI is InChI=1S/C13H19IN2O3/c1-8(17)15-10(7-14)4-9-5-12(18)13(19)6-11(9)16(2)3/h5-6,10,18-19H,4,7H2,1-3H3,(H,15,17). The van der Waals surface area contributed by atoms with Gasteiger partial charge in [0.25, 0.3) is 0 Å². The zero-order valence-corrected chi connectivity index (χ0v) is 13.4. The molecule has 1 unspecified atom stereocenters. The first-order chi connectivity index (χ1) is 8.85. The molecule has 3 N–H and O–H groups in total. The molecule has 0 heterocycles. The van der Waals surface area contributed by atoms with E-state index in [0.717, 1.165) is 15.7 Å². The van der Waals surface area contributed by atoms with Gasteiger partial charge in [0.15, 0.2) is 11.5 Å². The largest absolute Gasteiger partial charge is 0.504 e. The molecule has 0 saturated heterocycles. The van der Waals surface area contributed by atoms with Crippen LogP contribution in [0, 0.1) is 0 Å². The lowest BCUT2D eigenvalue weighted by Gasteiger charge is -2.22. The molecule has 0 aromatic heterocycles. The van der Waals surface area contributed by atoms with Crippen LogP contribution in [0.2, 0.25) is 0 Å². The third-order valence-corrected chi connectivity index (χ3v) is 3.78. The van der Waals surface area contributed by atoms with E-state index in [1.807, 2.05) is 19.0 Å². The molecule has 1 aromatic rings. The number of rotatable bonds is 5. The van der Waals surface area contributed by atoms with Crippen molar-refractivity contribution in [1.82, 2.24) is 5.32 Å². The molecule has 0 fully saturated rings. The quantitative estimate of drug-likeness (QED) is 0.414. The fraction of sp³-hybridized carbons (Fsp3) is 0.462. The van der Waals surface area contributed by atoms with Crippen LogP contribution in [-0.4, -0.2) is 40.7 Å². The van der Waals surface area contributed by atoms with Gasteiger partial charge >= 0.3 is 0 Å². The Hall–Kier alpha value is -1.18. The van der Waals surface area contributed by atoms with Crippen LogP contribution in [0.15, 0.2) is 12.1 Å². The number of anilines is 1. The summed E-state index contributed by atoms with van der Waals surface area (Å²) in [4.78, 5) is 13.0. The van der Waals surface area contributed by atoms with E-state index in [2.05, 4.69) is 27.9 Å². The lowest BCUT2D eigenvalue weighted by molar-refractivity contribution is -0.119. The molecule has 19 heavy (non-hydrogen) atoms. The Labute approximate surface area is 126 Å². The smallest absolute Gasteiger partial charge is 0.217 e. The Bertz CT molecular complexity index is 463. The molecular formula is C13H19IN2O3. The van der Waals surface area contributed by atoms with E-state index in [-0.39, 0.29) is 23.4 Å². The number of benzene rings is 1. The summed E-state index contributed by atoms with van der Waals surface area (Å²) < 4.78 is 0.770. The number of carbonyl (C=O) groups is 1. The van der Waals surface area contributed by atoms with Crippen LogP contribution in [0.3, 0.4) is 0 Å². The number of phenols is 2. The summed E-state index contributed by atoms with van der Waals surface area (Å²) in [5.41, 5.74) is 1.71. The molecule has 1 atom stereocenters. The van der Waals surface area contributed by atoms with Gasteiger partial charge in [-0.15, -0.1) is 0 Å². The highest BCUT2D eigenvalue weighted by atomic mass is 127. The second-order valence-corrected chi connectivity index (χ2v) is 5.50. The molecule has 0 bridgehead atoms. The van der Waals surface area contributed by atoms with E-state index in [0.29, 0.717) is 6.42 Å². The number of nitrogens with zero attached hydrogens (tertiary/aromatic N) is 1. The van der Waals surface area contributed by atoms with E-state index >= 15 is 0 Å². The minimum Gasteiger partial charge on any atom is -0.504 e. The van der Waals surface area contributed by atoms with Crippen LogP contribution in [0.4, 0.5) is 5.69 Å². The van der Waals surface area contributed by atoms with Gasteiger partial charge in [0.1, 0.15) is 0 Å². The third kappa shape index (κ3) is 4.45. The SMILES string of the molecule is CC(=O)NC(CI)Cc1cc(O)c(O)cc1N(C)C. The number of hydrogen-bond acceptors (Lipinski definition) is 4. The Morgan fingerprint density at radius 1 is 1.37 bits per heavy atom. The van der Waals surface area contributed by atoms with E-state index in [1.54, 1.807) is 6.07 Å². The van der Waals surface area contributed by atoms with Crippen molar-refractivity contribution in [2.45, 2.75) is 19.4 Å². The maximum atomic E-state index is 11.1. The first-order valence-corrected chi connectivity index (χ1v) is 7.43. The van der Waals surface area contributed by atoms with Crippen molar-refractivity contribution in [1.29, 1.82) is 0 Å². The summed E-state index contributed by atoms with van der Waals surface area (Å²) in [6.07, 6.45) is 0.601. The molecule has 1 aromatic carbocycles. The lowest BCUT2D eigenvalue weighted by Crippen LogP contribution is -2.36. The number of carbonyl (C=O) groups excluding carboxylic acids is 1. The predicted molar refractivity (Wildman–Crippen MR) is 84.3 cm³/mol. The van der Waals surface area contributed by atoms with Gasteiger partial charge in [-0.1, -0.05) is 22.6 Å². The molecule has 0 aliphatic rings. The van der Waals surface area contributed by atoms with E-state index in [4.69, 9.17) is 0 Å². The van der Waals surface area contributed by atoms with Crippen molar-refractivity contribution < 1.29 is 15.0 Å². The van der Waals surface area contributed by atoms with Crippen LogP contribution in [-0.2, 0) is 11.2 Å². The van der Waals surface area contributed by atoms with Crippen LogP contribution in [0.1, 0.15) is 12.5 Å². The van der Waals surface area contributed by atoms with Crippen molar-refractivity contribution in [3.8, 4) is 11.5 Å². The van der Waals surface area contributed by atoms with E-state index in [9.17, 15) is 15.0 Å². The minimum atomic E-state index is -0.143. The molecule has 0 spiro atoms. The number of phenolic OH excluding ortho intramolecular Hbond substituents is 2. The van der Waals surface area contributed by atoms with Crippen molar-refractivity contribution in [2.24, 2.45) is 0 Å². The number of hydrogen-bond donors (Lipinski definition) is 3. The average Bonchev–Trinajstić information content (AvgIpc) is 2.31. The molecule has 5 nitrogen and oxygen atoms in total. The average molecular weight is 378 g/mol. The zero-order valence-electron chi connectivity index (χ0n) is 11.3. The fourth-order valence-electron chi connectivity index (χ4n) is 1.89. The summed E-state index contributed by atoms with van der Waals surface area (Å²) >= 11 is 2.21. The van der Waals surface area contributed by atoms with E-state index < -0.39 is 0 Å². The second kappa shape index (κ2) is 6.83. The highest BCUT2D eigenvalue weighted by Gasteiger charge is 2.15. The van der Waals surface area contributed by atoms with Crippen LogP contribution in [0.25, 0.3) is 0 Å². The minimum absolute atomic E-state index is 0.000688. The molecule has 0 radical (unpaired) electrons. The highest BCUT2D eigenvalue weighted by molar-refractivity contribution is 14.1. The Balaban J connectivity index is 3.04. The monoisotopic (exact) mass is 378 g/mol. The van der Waals surface area contributed by atoms with Gasteiger partial charge in [-0.25, -0.2) is 0 Å². The molecular weight excluding hydrogens is 359 g/mol.